The van der Waals surface area contributed by atoms with E-state index in [1.807, 2.05) is 13.8 Å². The molecule has 1 rings (SSSR count). The fraction of sp³-hybridized carbons (Fsp3) is 0.583. The third-order valence-electron chi connectivity index (χ3n) is 2.75. The summed E-state index contributed by atoms with van der Waals surface area (Å²) in [6.45, 7) is 6.11. The lowest BCUT2D eigenvalue weighted by Crippen LogP contribution is -2.27. The molecule has 0 aliphatic heterocycles. The second kappa shape index (κ2) is 5.50. The zero-order valence-electron chi connectivity index (χ0n) is 10.4. The molecule has 0 saturated heterocycles. The Balaban J connectivity index is 2.75. The lowest BCUT2D eigenvalue weighted by Gasteiger charge is -2.26. The Morgan fingerprint density at radius 1 is 1.59 bits per heavy atom. The predicted octanol–water partition coefficient (Wildman–Crippen LogP) is 3.11. The summed E-state index contributed by atoms with van der Waals surface area (Å²) in [6, 6.07) is 2.01. The molecule has 0 aliphatic rings. The van der Waals surface area contributed by atoms with Gasteiger partial charge in [-0.25, -0.2) is 0 Å². The van der Waals surface area contributed by atoms with E-state index < -0.39 is 0 Å². The number of nitrogens with two attached hydrogens (primary N) is 2. The second-order valence-electron chi connectivity index (χ2n) is 5.18. The summed E-state index contributed by atoms with van der Waals surface area (Å²) in [5.74, 6) is -0.273. The lowest BCUT2D eigenvalue weighted by molar-refractivity contribution is -0.120. The van der Waals surface area contributed by atoms with Gasteiger partial charge < -0.3 is 11.5 Å². The van der Waals surface area contributed by atoms with E-state index in [9.17, 15) is 4.79 Å². The van der Waals surface area contributed by atoms with Crippen LogP contribution in [0.1, 0.15) is 43.2 Å². The molecule has 0 fully saturated rings. The number of thiophene rings is 1. The first-order chi connectivity index (χ1) is 7.71. The molecule has 1 heterocycles. The Kier molecular flexibility index (Phi) is 4.75. The van der Waals surface area contributed by atoms with Crippen molar-refractivity contribution in [3.8, 4) is 0 Å². The van der Waals surface area contributed by atoms with E-state index in [0.29, 0.717) is 6.42 Å². The molecule has 0 saturated carbocycles. The molecule has 1 unspecified atom stereocenters. The fourth-order valence-electron chi connectivity index (χ4n) is 2.08. The highest BCUT2D eigenvalue weighted by Gasteiger charge is 2.25. The van der Waals surface area contributed by atoms with Crippen molar-refractivity contribution in [1.82, 2.24) is 0 Å². The van der Waals surface area contributed by atoms with E-state index in [-0.39, 0.29) is 17.4 Å². The molecule has 0 spiro atoms. The Labute approximate surface area is 115 Å². The van der Waals surface area contributed by atoms with Gasteiger partial charge in [0.15, 0.2) is 0 Å². The summed E-state index contributed by atoms with van der Waals surface area (Å²) in [5.41, 5.74) is 12.4. The molecule has 3 nitrogen and oxygen atoms in total. The van der Waals surface area contributed by atoms with E-state index in [4.69, 9.17) is 11.5 Å². The van der Waals surface area contributed by atoms with Crippen molar-refractivity contribution in [1.29, 1.82) is 0 Å². The van der Waals surface area contributed by atoms with E-state index in [2.05, 4.69) is 28.9 Å². The molecule has 1 amide bonds. The van der Waals surface area contributed by atoms with Crippen LogP contribution in [0.3, 0.4) is 0 Å². The zero-order chi connectivity index (χ0) is 13.2. The van der Waals surface area contributed by atoms with Crippen LogP contribution in [0.5, 0.6) is 0 Å². The van der Waals surface area contributed by atoms with Crippen LogP contribution in [0.2, 0.25) is 0 Å². The van der Waals surface area contributed by atoms with Gasteiger partial charge in [0.1, 0.15) is 0 Å². The number of amides is 1. The molecule has 1 aromatic heterocycles. The van der Waals surface area contributed by atoms with Gasteiger partial charge in [-0.1, -0.05) is 13.8 Å². The third-order valence-corrected chi connectivity index (χ3v) is 4.32. The predicted molar refractivity (Wildman–Crippen MR) is 75.9 cm³/mol. The molecule has 0 aromatic carbocycles. The smallest absolute Gasteiger partial charge is 0.217 e. The SMILES string of the molecule is Cc1sc(Br)cc1C(N)CC(C)(C)CC(N)=O. The van der Waals surface area contributed by atoms with E-state index in [0.717, 1.165) is 15.8 Å². The van der Waals surface area contributed by atoms with Crippen LogP contribution < -0.4 is 11.5 Å². The highest BCUT2D eigenvalue weighted by Crippen LogP contribution is 2.36. The Hall–Kier alpha value is -0.390. The number of halogens is 1. The normalized spacial score (nSPS) is 13.7. The molecule has 17 heavy (non-hydrogen) atoms. The maximum Gasteiger partial charge on any atom is 0.217 e. The van der Waals surface area contributed by atoms with Crippen molar-refractivity contribution in [3.63, 3.8) is 0 Å². The number of primary amides is 1. The first-order valence-electron chi connectivity index (χ1n) is 5.51. The highest BCUT2D eigenvalue weighted by molar-refractivity contribution is 9.11. The van der Waals surface area contributed by atoms with Crippen LogP contribution in [0, 0.1) is 12.3 Å². The average Bonchev–Trinajstić information content (AvgIpc) is 2.41. The topological polar surface area (TPSA) is 69.1 Å². The van der Waals surface area contributed by atoms with Crippen molar-refractivity contribution >= 4 is 33.2 Å². The minimum absolute atomic E-state index is 0.0492. The monoisotopic (exact) mass is 318 g/mol. The van der Waals surface area contributed by atoms with Gasteiger partial charge in [0.25, 0.3) is 0 Å². The van der Waals surface area contributed by atoms with Crippen LogP contribution in [0.15, 0.2) is 9.85 Å². The quantitative estimate of drug-likeness (QED) is 0.875. The molecular formula is C12H19BrN2OS. The van der Waals surface area contributed by atoms with Crippen molar-refractivity contribution in [2.24, 2.45) is 16.9 Å². The standard InChI is InChI=1S/C12H19BrN2OS/c1-7-8(4-10(13)17-7)9(14)5-12(2,3)6-11(15)16/h4,9H,5-6,14H2,1-3H3,(H2,15,16). The zero-order valence-corrected chi connectivity index (χ0v) is 12.8. The molecule has 0 bridgehead atoms. The van der Waals surface area contributed by atoms with Crippen molar-refractivity contribution in [2.45, 2.75) is 39.7 Å². The number of aryl methyl sites for hydroxylation is 1. The molecule has 5 heteroatoms. The molecule has 1 atom stereocenters. The molecule has 96 valence electrons. The van der Waals surface area contributed by atoms with Crippen LogP contribution in [0.4, 0.5) is 0 Å². The second-order valence-corrected chi connectivity index (χ2v) is 7.82. The summed E-state index contributed by atoms with van der Waals surface area (Å²) in [6.07, 6.45) is 1.12. The van der Waals surface area contributed by atoms with Gasteiger partial charge in [0, 0.05) is 17.3 Å². The van der Waals surface area contributed by atoms with Gasteiger partial charge in [-0.2, -0.15) is 0 Å². The van der Waals surface area contributed by atoms with Gasteiger partial charge >= 0.3 is 0 Å². The van der Waals surface area contributed by atoms with Crippen molar-refractivity contribution in [3.05, 3.63) is 20.3 Å². The van der Waals surface area contributed by atoms with Crippen molar-refractivity contribution in [2.75, 3.05) is 0 Å². The minimum atomic E-state index is -0.273. The summed E-state index contributed by atoms with van der Waals surface area (Å²) in [5, 5.41) is 0. The number of rotatable bonds is 5. The maximum atomic E-state index is 11.0. The lowest BCUT2D eigenvalue weighted by atomic mass is 9.81. The molecule has 1 aromatic rings. The number of hydrogen-bond acceptors (Lipinski definition) is 3. The Morgan fingerprint density at radius 2 is 2.18 bits per heavy atom. The van der Waals surface area contributed by atoms with Crippen LogP contribution >= 0.6 is 27.3 Å². The van der Waals surface area contributed by atoms with Gasteiger partial charge in [0.2, 0.25) is 5.91 Å². The molecule has 0 radical (unpaired) electrons. The van der Waals surface area contributed by atoms with Crippen LogP contribution in [0.25, 0.3) is 0 Å². The molecule has 4 N–H and O–H groups in total. The van der Waals surface area contributed by atoms with E-state index in [1.54, 1.807) is 11.3 Å². The average molecular weight is 319 g/mol. The molecule has 0 aliphatic carbocycles. The van der Waals surface area contributed by atoms with Gasteiger partial charge in [-0.15, -0.1) is 11.3 Å². The largest absolute Gasteiger partial charge is 0.370 e. The summed E-state index contributed by atoms with van der Waals surface area (Å²) < 4.78 is 1.09. The van der Waals surface area contributed by atoms with Gasteiger partial charge in [0.05, 0.1) is 3.79 Å². The van der Waals surface area contributed by atoms with Gasteiger partial charge in [-0.3, -0.25) is 4.79 Å². The fourth-order valence-corrected chi connectivity index (χ4v) is 3.86. The summed E-state index contributed by atoms with van der Waals surface area (Å²) >= 11 is 5.14. The number of hydrogen-bond donors (Lipinski definition) is 2. The van der Waals surface area contributed by atoms with Crippen molar-refractivity contribution < 1.29 is 4.79 Å². The first kappa shape index (κ1) is 14.7. The summed E-state index contributed by atoms with van der Waals surface area (Å²) in [7, 11) is 0. The van der Waals surface area contributed by atoms with Crippen LogP contribution in [-0.4, -0.2) is 5.91 Å². The van der Waals surface area contributed by atoms with E-state index in [1.165, 1.54) is 4.88 Å². The van der Waals surface area contributed by atoms with E-state index >= 15 is 0 Å². The third kappa shape index (κ3) is 4.41. The maximum absolute atomic E-state index is 11.0. The first-order valence-corrected chi connectivity index (χ1v) is 7.12. The number of carbonyl (C=O) groups is 1. The Bertz CT molecular complexity index is 415. The highest BCUT2D eigenvalue weighted by atomic mass is 79.9. The molecular weight excluding hydrogens is 300 g/mol. The summed E-state index contributed by atoms with van der Waals surface area (Å²) in [4.78, 5) is 12.2. The Morgan fingerprint density at radius 3 is 2.59 bits per heavy atom. The van der Waals surface area contributed by atoms with Crippen LogP contribution in [-0.2, 0) is 4.79 Å². The number of carbonyl (C=O) groups excluding carboxylic acids is 1. The van der Waals surface area contributed by atoms with Gasteiger partial charge in [-0.05, 0) is 46.3 Å². The minimum Gasteiger partial charge on any atom is -0.370 e.